The largest absolute Gasteiger partial charge is 0.492 e. The zero-order valence-electron chi connectivity index (χ0n) is 11.2. The van der Waals surface area contributed by atoms with Crippen molar-refractivity contribution in [1.82, 2.24) is 4.90 Å². The van der Waals surface area contributed by atoms with Crippen LogP contribution in [0.4, 0.5) is 4.39 Å². The number of benzene rings is 1. The van der Waals surface area contributed by atoms with Gasteiger partial charge >= 0.3 is 0 Å². The fourth-order valence-electron chi connectivity index (χ4n) is 2.31. The molecule has 1 aliphatic carbocycles. The van der Waals surface area contributed by atoms with Crippen molar-refractivity contribution in [3.8, 4) is 5.75 Å². The van der Waals surface area contributed by atoms with Gasteiger partial charge in [-0.25, -0.2) is 4.39 Å². The van der Waals surface area contributed by atoms with E-state index in [1.807, 2.05) is 0 Å². The van der Waals surface area contributed by atoms with Crippen molar-refractivity contribution in [2.75, 3.05) is 26.3 Å². The standard InChI is InChI=1S/C15H22FNO2/c16-13-5-7-15(8-6-13)19-12-10-17(9-2-11-18)14-3-1-4-14/h5-8,14,18H,1-4,9-12H2. The fourth-order valence-corrected chi connectivity index (χ4v) is 2.31. The molecular formula is C15H22FNO2. The molecule has 4 heteroatoms. The average Bonchev–Trinajstić information content (AvgIpc) is 2.36. The summed E-state index contributed by atoms with van der Waals surface area (Å²) >= 11 is 0. The summed E-state index contributed by atoms with van der Waals surface area (Å²) in [6.45, 7) is 2.63. The minimum Gasteiger partial charge on any atom is -0.492 e. The Bertz CT molecular complexity index is 365. The van der Waals surface area contributed by atoms with Gasteiger partial charge in [0.25, 0.3) is 0 Å². The second kappa shape index (κ2) is 7.46. The van der Waals surface area contributed by atoms with Gasteiger partial charge in [0.15, 0.2) is 0 Å². The Kier molecular flexibility index (Phi) is 5.61. The average molecular weight is 267 g/mol. The molecule has 0 unspecified atom stereocenters. The van der Waals surface area contributed by atoms with E-state index in [1.54, 1.807) is 12.1 Å². The minimum atomic E-state index is -0.244. The number of hydrogen-bond donors (Lipinski definition) is 1. The van der Waals surface area contributed by atoms with E-state index in [9.17, 15) is 4.39 Å². The molecule has 1 N–H and O–H groups in total. The van der Waals surface area contributed by atoms with Crippen LogP contribution in [0.15, 0.2) is 24.3 Å². The van der Waals surface area contributed by atoms with Crippen molar-refractivity contribution in [3.63, 3.8) is 0 Å². The summed E-state index contributed by atoms with van der Waals surface area (Å²) in [7, 11) is 0. The summed E-state index contributed by atoms with van der Waals surface area (Å²) < 4.78 is 18.4. The van der Waals surface area contributed by atoms with Crippen LogP contribution < -0.4 is 4.74 Å². The molecule has 1 aromatic rings. The summed E-state index contributed by atoms with van der Waals surface area (Å²) in [6, 6.07) is 6.77. The number of rotatable bonds is 8. The van der Waals surface area contributed by atoms with Crippen LogP contribution in [0.1, 0.15) is 25.7 Å². The van der Waals surface area contributed by atoms with Crippen LogP contribution in [0.25, 0.3) is 0 Å². The Morgan fingerprint density at radius 1 is 1.21 bits per heavy atom. The van der Waals surface area contributed by atoms with Gasteiger partial charge in [-0.1, -0.05) is 6.42 Å². The predicted octanol–water partition coefficient (Wildman–Crippen LogP) is 2.44. The lowest BCUT2D eigenvalue weighted by Gasteiger charge is -2.37. The van der Waals surface area contributed by atoms with Crippen molar-refractivity contribution in [2.24, 2.45) is 0 Å². The van der Waals surface area contributed by atoms with E-state index in [0.29, 0.717) is 18.4 Å². The van der Waals surface area contributed by atoms with Crippen LogP contribution in [-0.4, -0.2) is 42.4 Å². The third kappa shape index (κ3) is 4.48. The lowest BCUT2D eigenvalue weighted by Crippen LogP contribution is -2.43. The maximum atomic E-state index is 12.7. The first-order valence-electron chi connectivity index (χ1n) is 7.03. The van der Waals surface area contributed by atoms with Crippen molar-refractivity contribution >= 4 is 0 Å². The van der Waals surface area contributed by atoms with E-state index in [0.717, 1.165) is 19.5 Å². The van der Waals surface area contributed by atoms with Gasteiger partial charge in [-0.15, -0.1) is 0 Å². The summed E-state index contributed by atoms with van der Waals surface area (Å²) in [4.78, 5) is 2.39. The van der Waals surface area contributed by atoms with Crippen LogP contribution >= 0.6 is 0 Å². The third-order valence-corrected chi connectivity index (χ3v) is 3.66. The first kappa shape index (κ1) is 14.3. The smallest absolute Gasteiger partial charge is 0.123 e. The summed E-state index contributed by atoms with van der Waals surface area (Å²) in [5.74, 6) is 0.462. The summed E-state index contributed by atoms with van der Waals surface area (Å²) in [5.41, 5.74) is 0. The predicted molar refractivity (Wildman–Crippen MR) is 72.8 cm³/mol. The van der Waals surface area contributed by atoms with Gasteiger partial charge in [0, 0.05) is 25.7 Å². The lowest BCUT2D eigenvalue weighted by molar-refractivity contribution is 0.0984. The number of hydrogen-bond acceptors (Lipinski definition) is 3. The van der Waals surface area contributed by atoms with E-state index in [-0.39, 0.29) is 12.4 Å². The van der Waals surface area contributed by atoms with Crippen molar-refractivity contribution in [2.45, 2.75) is 31.7 Å². The number of aliphatic hydroxyl groups is 1. The molecule has 0 spiro atoms. The highest BCUT2D eigenvalue weighted by atomic mass is 19.1. The second-order valence-corrected chi connectivity index (χ2v) is 5.00. The van der Waals surface area contributed by atoms with Gasteiger partial charge in [-0.3, -0.25) is 4.90 Å². The number of nitrogens with zero attached hydrogens (tertiary/aromatic N) is 1. The highest BCUT2D eigenvalue weighted by molar-refractivity contribution is 5.21. The van der Waals surface area contributed by atoms with E-state index < -0.39 is 0 Å². The zero-order valence-corrected chi connectivity index (χ0v) is 11.2. The van der Waals surface area contributed by atoms with Gasteiger partial charge in [0.05, 0.1) is 0 Å². The Hall–Kier alpha value is -1.13. The maximum absolute atomic E-state index is 12.7. The highest BCUT2D eigenvalue weighted by Gasteiger charge is 2.24. The molecule has 1 fully saturated rings. The number of ether oxygens (including phenoxy) is 1. The maximum Gasteiger partial charge on any atom is 0.123 e. The van der Waals surface area contributed by atoms with Crippen molar-refractivity contribution in [1.29, 1.82) is 0 Å². The van der Waals surface area contributed by atoms with Gasteiger partial charge in [0.2, 0.25) is 0 Å². The Labute approximate surface area is 114 Å². The second-order valence-electron chi connectivity index (χ2n) is 5.00. The van der Waals surface area contributed by atoms with Gasteiger partial charge in [-0.2, -0.15) is 0 Å². The first-order valence-corrected chi connectivity index (χ1v) is 7.03. The number of aliphatic hydroxyl groups excluding tert-OH is 1. The van der Waals surface area contributed by atoms with Crippen molar-refractivity contribution < 1.29 is 14.2 Å². The van der Waals surface area contributed by atoms with Gasteiger partial charge in [0.1, 0.15) is 18.2 Å². The Morgan fingerprint density at radius 2 is 1.95 bits per heavy atom. The molecular weight excluding hydrogens is 245 g/mol. The molecule has 0 saturated heterocycles. The topological polar surface area (TPSA) is 32.7 Å². The Balaban J connectivity index is 1.73. The summed E-state index contributed by atoms with van der Waals surface area (Å²) in [6.07, 6.45) is 4.62. The molecule has 0 aliphatic heterocycles. The lowest BCUT2D eigenvalue weighted by atomic mass is 9.91. The van der Waals surface area contributed by atoms with Crippen LogP contribution in [0.2, 0.25) is 0 Å². The molecule has 106 valence electrons. The van der Waals surface area contributed by atoms with Crippen LogP contribution in [0.5, 0.6) is 5.75 Å². The van der Waals surface area contributed by atoms with E-state index in [1.165, 1.54) is 31.4 Å². The summed E-state index contributed by atoms with van der Waals surface area (Å²) in [5, 5.41) is 8.92. The molecule has 0 atom stereocenters. The molecule has 0 heterocycles. The van der Waals surface area contributed by atoms with E-state index in [4.69, 9.17) is 9.84 Å². The zero-order chi connectivity index (χ0) is 13.5. The minimum absolute atomic E-state index is 0.238. The number of halogens is 1. The van der Waals surface area contributed by atoms with E-state index >= 15 is 0 Å². The molecule has 0 bridgehead atoms. The fraction of sp³-hybridized carbons (Fsp3) is 0.600. The molecule has 1 aliphatic rings. The van der Waals surface area contributed by atoms with E-state index in [2.05, 4.69) is 4.90 Å². The van der Waals surface area contributed by atoms with Crippen LogP contribution in [0, 0.1) is 5.82 Å². The van der Waals surface area contributed by atoms with Gasteiger partial charge < -0.3 is 9.84 Å². The molecule has 1 aromatic carbocycles. The normalized spacial score (nSPS) is 15.5. The molecule has 0 radical (unpaired) electrons. The SMILES string of the molecule is OCCCN(CCOc1ccc(F)cc1)C1CCC1. The molecule has 2 rings (SSSR count). The van der Waals surface area contributed by atoms with Gasteiger partial charge in [-0.05, 0) is 43.5 Å². The third-order valence-electron chi connectivity index (χ3n) is 3.66. The quantitative estimate of drug-likeness (QED) is 0.785. The molecule has 19 heavy (non-hydrogen) atoms. The van der Waals surface area contributed by atoms with Crippen molar-refractivity contribution in [3.05, 3.63) is 30.1 Å². The molecule has 1 saturated carbocycles. The molecule has 0 amide bonds. The first-order chi connectivity index (χ1) is 9.29. The molecule has 0 aromatic heterocycles. The monoisotopic (exact) mass is 267 g/mol. The van der Waals surface area contributed by atoms with Crippen LogP contribution in [0.3, 0.4) is 0 Å². The Morgan fingerprint density at radius 3 is 2.53 bits per heavy atom. The highest BCUT2D eigenvalue weighted by Crippen LogP contribution is 2.24. The molecule has 3 nitrogen and oxygen atoms in total. The van der Waals surface area contributed by atoms with Crippen LogP contribution in [-0.2, 0) is 0 Å².